The number of ether oxygens (including phenoxy) is 1. The summed E-state index contributed by atoms with van der Waals surface area (Å²) in [5.74, 6) is -0.523. The molecule has 0 radical (unpaired) electrons. The van der Waals surface area contributed by atoms with Gasteiger partial charge in [-0.2, -0.15) is 0 Å². The van der Waals surface area contributed by atoms with Gasteiger partial charge in [0.05, 0.1) is 13.0 Å². The van der Waals surface area contributed by atoms with E-state index in [0.29, 0.717) is 6.54 Å². The van der Waals surface area contributed by atoms with E-state index in [0.717, 1.165) is 16.6 Å². The highest BCUT2D eigenvalue weighted by Gasteiger charge is 2.20. The minimum Gasteiger partial charge on any atom is -0.469 e. The van der Waals surface area contributed by atoms with Crippen molar-refractivity contribution in [2.24, 2.45) is 0 Å². The molecule has 1 atom stereocenters. The molecular formula is C17H18BrNO2. The lowest BCUT2D eigenvalue weighted by atomic mass is 9.99. The van der Waals surface area contributed by atoms with E-state index in [9.17, 15) is 4.79 Å². The number of hydrogen-bond donors (Lipinski definition) is 1. The molecule has 0 aliphatic rings. The number of methoxy groups -OCH3 is 1. The van der Waals surface area contributed by atoms with Gasteiger partial charge in [-0.1, -0.05) is 58.4 Å². The zero-order valence-corrected chi connectivity index (χ0v) is 13.5. The molecule has 0 bridgehead atoms. The largest absolute Gasteiger partial charge is 0.469 e. The molecule has 0 fully saturated rings. The zero-order valence-electron chi connectivity index (χ0n) is 11.9. The summed E-state index contributed by atoms with van der Waals surface area (Å²) in [6.07, 6.45) is 0. The lowest BCUT2D eigenvalue weighted by Crippen LogP contribution is -2.27. The molecule has 0 amide bonds. The quantitative estimate of drug-likeness (QED) is 0.812. The highest BCUT2D eigenvalue weighted by atomic mass is 79.9. The summed E-state index contributed by atoms with van der Waals surface area (Å²) < 4.78 is 5.90. The van der Waals surface area contributed by atoms with Crippen LogP contribution < -0.4 is 5.32 Å². The van der Waals surface area contributed by atoms with Crippen LogP contribution in [-0.4, -0.2) is 19.6 Å². The fourth-order valence-corrected chi connectivity index (χ4v) is 2.40. The Bertz CT molecular complexity index is 569. The Labute approximate surface area is 133 Å². The Morgan fingerprint density at radius 3 is 2.43 bits per heavy atom. The third kappa shape index (κ3) is 4.69. The van der Waals surface area contributed by atoms with Gasteiger partial charge < -0.3 is 10.1 Å². The summed E-state index contributed by atoms with van der Waals surface area (Å²) in [7, 11) is 1.42. The van der Waals surface area contributed by atoms with Gasteiger partial charge in [-0.3, -0.25) is 4.79 Å². The van der Waals surface area contributed by atoms with Gasteiger partial charge in [0.1, 0.15) is 0 Å². The number of benzene rings is 2. The Balaban J connectivity index is 2.00. The highest BCUT2D eigenvalue weighted by molar-refractivity contribution is 9.10. The van der Waals surface area contributed by atoms with E-state index in [1.54, 1.807) is 0 Å². The third-order valence-electron chi connectivity index (χ3n) is 3.28. The number of esters is 1. The molecule has 0 heterocycles. The topological polar surface area (TPSA) is 38.3 Å². The summed E-state index contributed by atoms with van der Waals surface area (Å²) in [5.41, 5.74) is 2.14. The van der Waals surface area contributed by atoms with Gasteiger partial charge in [-0.05, 0) is 23.3 Å². The number of carbonyl (C=O) groups is 1. The number of carbonyl (C=O) groups excluding carboxylic acids is 1. The molecule has 0 saturated carbocycles. The second-order valence-corrected chi connectivity index (χ2v) is 5.66. The summed E-state index contributed by atoms with van der Waals surface area (Å²) >= 11 is 3.40. The average Bonchev–Trinajstić information content (AvgIpc) is 2.53. The second-order valence-electron chi connectivity index (χ2n) is 4.74. The molecule has 0 spiro atoms. The van der Waals surface area contributed by atoms with E-state index < -0.39 is 0 Å². The van der Waals surface area contributed by atoms with Crippen LogP contribution in [0.5, 0.6) is 0 Å². The molecule has 1 N–H and O–H groups in total. The molecule has 4 heteroatoms. The van der Waals surface area contributed by atoms with Crippen molar-refractivity contribution in [3.63, 3.8) is 0 Å². The number of halogens is 1. The van der Waals surface area contributed by atoms with Crippen molar-refractivity contribution < 1.29 is 9.53 Å². The van der Waals surface area contributed by atoms with Crippen molar-refractivity contribution in [1.82, 2.24) is 5.32 Å². The van der Waals surface area contributed by atoms with Crippen molar-refractivity contribution in [3.05, 3.63) is 70.2 Å². The lowest BCUT2D eigenvalue weighted by Gasteiger charge is -2.16. The molecule has 0 saturated heterocycles. The van der Waals surface area contributed by atoms with Gasteiger partial charge in [-0.25, -0.2) is 0 Å². The molecule has 21 heavy (non-hydrogen) atoms. The Morgan fingerprint density at radius 1 is 1.14 bits per heavy atom. The molecular weight excluding hydrogens is 330 g/mol. The molecule has 2 aromatic rings. The van der Waals surface area contributed by atoms with Crippen LogP contribution in [0.25, 0.3) is 0 Å². The predicted octanol–water partition coefficient (Wildman–Crippen LogP) is 3.50. The van der Waals surface area contributed by atoms with Crippen molar-refractivity contribution in [3.8, 4) is 0 Å². The third-order valence-corrected chi connectivity index (χ3v) is 3.81. The Hall–Kier alpha value is -1.65. The molecule has 0 aromatic heterocycles. The fourth-order valence-electron chi connectivity index (χ4n) is 2.13. The molecule has 0 aliphatic carbocycles. The first-order chi connectivity index (χ1) is 10.2. The van der Waals surface area contributed by atoms with Crippen LogP contribution in [0.15, 0.2) is 59.1 Å². The van der Waals surface area contributed by atoms with Gasteiger partial charge >= 0.3 is 5.97 Å². The Morgan fingerprint density at radius 2 is 1.81 bits per heavy atom. The van der Waals surface area contributed by atoms with E-state index in [1.807, 2.05) is 42.5 Å². The minimum absolute atomic E-state index is 0.224. The second kappa shape index (κ2) is 7.96. The maximum Gasteiger partial charge on any atom is 0.314 e. The van der Waals surface area contributed by atoms with E-state index in [-0.39, 0.29) is 11.9 Å². The molecule has 3 nitrogen and oxygen atoms in total. The number of hydrogen-bond acceptors (Lipinski definition) is 3. The van der Waals surface area contributed by atoms with Crippen molar-refractivity contribution in [2.75, 3.05) is 13.7 Å². The first kappa shape index (κ1) is 15.7. The maximum absolute atomic E-state index is 12.0. The summed E-state index contributed by atoms with van der Waals surface area (Å²) in [4.78, 5) is 12.0. The van der Waals surface area contributed by atoms with Gasteiger partial charge in [0.2, 0.25) is 0 Å². The van der Waals surface area contributed by atoms with Gasteiger partial charge in [0.25, 0.3) is 0 Å². The van der Waals surface area contributed by atoms with Crippen LogP contribution in [0, 0.1) is 0 Å². The smallest absolute Gasteiger partial charge is 0.314 e. The molecule has 0 aliphatic heterocycles. The first-order valence-electron chi connectivity index (χ1n) is 6.78. The summed E-state index contributed by atoms with van der Waals surface area (Å²) in [6, 6.07) is 17.9. The minimum atomic E-state index is -0.299. The zero-order chi connectivity index (χ0) is 15.1. The van der Waals surface area contributed by atoms with Crippen LogP contribution >= 0.6 is 15.9 Å². The highest BCUT2D eigenvalue weighted by Crippen LogP contribution is 2.19. The van der Waals surface area contributed by atoms with Crippen molar-refractivity contribution in [1.29, 1.82) is 0 Å². The number of nitrogens with one attached hydrogen (secondary N) is 1. The Kier molecular flexibility index (Phi) is 5.96. The number of rotatable bonds is 6. The van der Waals surface area contributed by atoms with Crippen LogP contribution in [0.2, 0.25) is 0 Å². The standard InChI is InChI=1S/C17H18BrNO2/c1-21-17(20)16(14-7-9-15(18)10-8-14)12-19-11-13-5-3-2-4-6-13/h2-10,16,19H,11-12H2,1H3/t16-/m1/s1. The van der Waals surface area contributed by atoms with Gasteiger partial charge in [0.15, 0.2) is 0 Å². The van der Waals surface area contributed by atoms with E-state index in [1.165, 1.54) is 12.7 Å². The lowest BCUT2D eigenvalue weighted by molar-refractivity contribution is -0.142. The summed E-state index contributed by atoms with van der Waals surface area (Å²) in [6.45, 7) is 1.27. The normalized spacial score (nSPS) is 11.9. The van der Waals surface area contributed by atoms with Crippen molar-refractivity contribution >= 4 is 21.9 Å². The predicted molar refractivity (Wildman–Crippen MR) is 87.0 cm³/mol. The van der Waals surface area contributed by atoms with Crippen LogP contribution in [0.1, 0.15) is 17.0 Å². The summed E-state index contributed by atoms with van der Waals surface area (Å²) in [5, 5.41) is 3.32. The van der Waals surface area contributed by atoms with Crippen LogP contribution in [-0.2, 0) is 16.1 Å². The van der Waals surface area contributed by atoms with Crippen molar-refractivity contribution in [2.45, 2.75) is 12.5 Å². The van der Waals surface area contributed by atoms with Gasteiger partial charge in [0, 0.05) is 17.6 Å². The van der Waals surface area contributed by atoms with E-state index in [4.69, 9.17) is 4.74 Å². The SMILES string of the molecule is COC(=O)[C@H](CNCc1ccccc1)c1ccc(Br)cc1. The molecule has 2 rings (SSSR count). The van der Waals surface area contributed by atoms with E-state index >= 15 is 0 Å². The molecule has 2 aromatic carbocycles. The van der Waals surface area contributed by atoms with Crippen LogP contribution in [0.4, 0.5) is 0 Å². The maximum atomic E-state index is 12.0. The monoisotopic (exact) mass is 347 g/mol. The average molecular weight is 348 g/mol. The van der Waals surface area contributed by atoms with Gasteiger partial charge in [-0.15, -0.1) is 0 Å². The molecule has 0 unspecified atom stereocenters. The van der Waals surface area contributed by atoms with Crippen LogP contribution in [0.3, 0.4) is 0 Å². The fraction of sp³-hybridized carbons (Fsp3) is 0.235. The molecule has 110 valence electrons. The first-order valence-corrected chi connectivity index (χ1v) is 7.58. The van der Waals surface area contributed by atoms with E-state index in [2.05, 4.69) is 33.4 Å².